The number of hydrogen-bond donors (Lipinski definition) is 0. The first kappa shape index (κ1) is 7.61. The summed E-state index contributed by atoms with van der Waals surface area (Å²) in [5.74, 6) is 0.991. The molecule has 0 amide bonds. The number of methoxy groups -OCH3 is 1. The van der Waals surface area contributed by atoms with E-state index in [4.69, 9.17) is 4.74 Å². The van der Waals surface area contributed by atoms with Crippen molar-refractivity contribution in [1.29, 1.82) is 0 Å². The van der Waals surface area contributed by atoms with Gasteiger partial charge in [0.1, 0.15) is 0 Å². The van der Waals surface area contributed by atoms with Crippen LogP contribution in [0.3, 0.4) is 0 Å². The summed E-state index contributed by atoms with van der Waals surface area (Å²) in [7, 11) is 1.69. The molecule has 0 radical (unpaired) electrons. The summed E-state index contributed by atoms with van der Waals surface area (Å²) in [5.41, 5.74) is 0. The maximum atomic E-state index is 5.06. The Hall–Kier alpha value is -0.500. The molecule has 0 N–H and O–H groups in total. The van der Waals surface area contributed by atoms with Gasteiger partial charge in [0, 0.05) is 10.9 Å². The molecule has 0 saturated carbocycles. The molecule has 0 atom stereocenters. The van der Waals surface area contributed by atoms with Crippen LogP contribution < -0.4 is 0 Å². The van der Waals surface area contributed by atoms with Crippen molar-refractivity contribution in [2.45, 2.75) is 6.42 Å². The van der Waals surface area contributed by atoms with Crippen LogP contribution in [0.15, 0.2) is 34.5 Å². The molecule has 0 aromatic carbocycles. The van der Waals surface area contributed by atoms with Gasteiger partial charge in [-0.15, -0.1) is 0 Å². The van der Waals surface area contributed by atoms with Gasteiger partial charge in [-0.25, -0.2) is 0 Å². The molecule has 54 valence electrons. The van der Waals surface area contributed by atoms with E-state index in [9.17, 15) is 0 Å². The molecule has 0 bridgehead atoms. The molecule has 0 fully saturated rings. The van der Waals surface area contributed by atoms with Gasteiger partial charge in [0.15, 0.2) is 0 Å². The third kappa shape index (κ3) is 2.03. The van der Waals surface area contributed by atoms with Crippen molar-refractivity contribution < 1.29 is 4.74 Å². The van der Waals surface area contributed by atoms with Crippen LogP contribution >= 0.6 is 15.9 Å². The highest BCUT2D eigenvalue weighted by molar-refractivity contribution is 9.11. The van der Waals surface area contributed by atoms with Gasteiger partial charge in [-0.2, -0.15) is 0 Å². The van der Waals surface area contributed by atoms with Crippen molar-refractivity contribution in [2.75, 3.05) is 7.11 Å². The predicted molar refractivity (Wildman–Crippen MR) is 45.9 cm³/mol. The Balaban J connectivity index is 2.69. The van der Waals surface area contributed by atoms with Crippen molar-refractivity contribution in [2.24, 2.45) is 0 Å². The lowest BCUT2D eigenvalue weighted by molar-refractivity contribution is 0.285. The van der Waals surface area contributed by atoms with Crippen LogP contribution in [0, 0.1) is 0 Å². The molecule has 10 heavy (non-hydrogen) atoms. The van der Waals surface area contributed by atoms with Gasteiger partial charge in [-0.05, 0) is 12.2 Å². The molecule has 0 spiro atoms. The minimum atomic E-state index is 0.865. The van der Waals surface area contributed by atoms with Crippen LogP contribution in [-0.2, 0) is 4.74 Å². The molecule has 2 heteroatoms. The van der Waals surface area contributed by atoms with Gasteiger partial charge >= 0.3 is 0 Å². The Morgan fingerprint density at radius 1 is 1.60 bits per heavy atom. The van der Waals surface area contributed by atoms with Crippen molar-refractivity contribution in [1.82, 2.24) is 0 Å². The lowest BCUT2D eigenvalue weighted by Crippen LogP contribution is -1.81. The summed E-state index contributed by atoms with van der Waals surface area (Å²) in [6.07, 6.45) is 8.85. The van der Waals surface area contributed by atoms with Crippen molar-refractivity contribution >= 4 is 15.9 Å². The predicted octanol–water partition coefficient (Wildman–Crippen LogP) is 2.76. The molecule has 0 unspecified atom stereocenters. The number of allylic oxidation sites excluding steroid dienone is 5. The van der Waals surface area contributed by atoms with Crippen molar-refractivity contribution in [3.05, 3.63) is 34.5 Å². The van der Waals surface area contributed by atoms with E-state index in [-0.39, 0.29) is 0 Å². The highest BCUT2D eigenvalue weighted by Crippen LogP contribution is 2.15. The van der Waals surface area contributed by atoms with E-state index >= 15 is 0 Å². The van der Waals surface area contributed by atoms with E-state index in [0.717, 1.165) is 16.7 Å². The third-order valence-corrected chi connectivity index (χ3v) is 1.89. The van der Waals surface area contributed by atoms with Crippen molar-refractivity contribution in [3.8, 4) is 0 Å². The average Bonchev–Trinajstić information content (AvgIpc) is 2.14. The van der Waals surface area contributed by atoms with Gasteiger partial charge in [0.25, 0.3) is 0 Å². The fourth-order valence-corrected chi connectivity index (χ4v) is 1.05. The summed E-state index contributed by atoms with van der Waals surface area (Å²) in [5, 5.41) is 0. The Morgan fingerprint density at radius 2 is 2.40 bits per heavy atom. The minimum Gasteiger partial charge on any atom is -0.501 e. The fraction of sp³-hybridized carbons (Fsp3) is 0.250. The van der Waals surface area contributed by atoms with Gasteiger partial charge in [0.05, 0.1) is 12.9 Å². The maximum absolute atomic E-state index is 5.06. The van der Waals surface area contributed by atoms with Crippen molar-refractivity contribution in [3.63, 3.8) is 0 Å². The molecule has 1 aliphatic rings. The largest absolute Gasteiger partial charge is 0.501 e. The molecule has 1 nitrogen and oxygen atoms in total. The highest BCUT2D eigenvalue weighted by Gasteiger charge is 1.95. The molecule has 1 aliphatic carbocycles. The highest BCUT2D eigenvalue weighted by atomic mass is 79.9. The zero-order chi connectivity index (χ0) is 7.40. The molecule has 0 aromatic heterocycles. The summed E-state index contributed by atoms with van der Waals surface area (Å²) >= 11 is 3.38. The zero-order valence-electron chi connectivity index (χ0n) is 5.80. The SMILES string of the molecule is COC1=CC=CC(Br)=CC1. The first-order valence-corrected chi connectivity index (χ1v) is 3.89. The average molecular weight is 201 g/mol. The first-order valence-electron chi connectivity index (χ1n) is 3.10. The summed E-state index contributed by atoms with van der Waals surface area (Å²) in [6.45, 7) is 0. The number of halogens is 1. The van der Waals surface area contributed by atoms with Crippen LogP contribution in [0.4, 0.5) is 0 Å². The molecular formula is C8H9BrO. The third-order valence-electron chi connectivity index (χ3n) is 1.30. The van der Waals surface area contributed by atoms with Crippen LogP contribution in [0.1, 0.15) is 6.42 Å². The Morgan fingerprint density at radius 3 is 3.10 bits per heavy atom. The quantitative estimate of drug-likeness (QED) is 0.633. The second-order valence-electron chi connectivity index (χ2n) is 1.99. The lowest BCUT2D eigenvalue weighted by Gasteiger charge is -1.98. The first-order chi connectivity index (χ1) is 4.83. The Kier molecular flexibility index (Phi) is 2.75. The van der Waals surface area contributed by atoms with Gasteiger partial charge in [-0.3, -0.25) is 0 Å². The van der Waals surface area contributed by atoms with Gasteiger partial charge < -0.3 is 4.74 Å². The van der Waals surface area contributed by atoms with Gasteiger partial charge in [-0.1, -0.05) is 28.1 Å². The molecule has 0 aliphatic heterocycles. The molecule has 1 rings (SSSR count). The second kappa shape index (κ2) is 3.62. The topological polar surface area (TPSA) is 9.23 Å². The summed E-state index contributed by atoms with van der Waals surface area (Å²) < 4.78 is 6.17. The van der Waals surface area contributed by atoms with E-state index in [2.05, 4.69) is 22.0 Å². The molecule has 0 aromatic rings. The number of rotatable bonds is 1. The van der Waals surface area contributed by atoms with Crippen LogP contribution in [0.5, 0.6) is 0 Å². The van der Waals surface area contributed by atoms with Crippen LogP contribution in [0.25, 0.3) is 0 Å². The Labute approximate surface area is 69.2 Å². The normalized spacial score (nSPS) is 17.4. The molecule has 0 heterocycles. The van der Waals surface area contributed by atoms with E-state index in [1.54, 1.807) is 7.11 Å². The van der Waals surface area contributed by atoms with E-state index < -0.39 is 0 Å². The van der Waals surface area contributed by atoms with E-state index in [0.29, 0.717) is 0 Å². The number of hydrogen-bond acceptors (Lipinski definition) is 1. The number of ether oxygens (including phenoxy) is 1. The van der Waals surface area contributed by atoms with E-state index in [1.165, 1.54) is 0 Å². The molecular weight excluding hydrogens is 192 g/mol. The van der Waals surface area contributed by atoms with Crippen LogP contribution in [-0.4, -0.2) is 7.11 Å². The van der Waals surface area contributed by atoms with E-state index in [1.807, 2.05) is 18.2 Å². The van der Waals surface area contributed by atoms with Gasteiger partial charge in [0.2, 0.25) is 0 Å². The smallest absolute Gasteiger partial charge is 0.0993 e. The monoisotopic (exact) mass is 200 g/mol. The minimum absolute atomic E-state index is 0.865. The molecule has 0 saturated heterocycles. The Bertz CT molecular complexity index is 199. The van der Waals surface area contributed by atoms with Crippen LogP contribution in [0.2, 0.25) is 0 Å². The lowest BCUT2D eigenvalue weighted by atomic mass is 10.3. The zero-order valence-corrected chi connectivity index (χ0v) is 7.39. The second-order valence-corrected chi connectivity index (χ2v) is 2.91. The summed E-state index contributed by atoms with van der Waals surface area (Å²) in [6, 6.07) is 0. The maximum Gasteiger partial charge on any atom is 0.0993 e. The summed E-state index contributed by atoms with van der Waals surface area (Å²) in [4.78, 5) is 0. The standard InChI is InChI=1S/C8H9BrO/c1-10-8-4-2-3-7(9)5-6-8/h2-5H,6H2,1H3. The fourth-order valence-electron chi connectivity index (χ4n) is 0.733.